The van der Waals surface area contributed by atoms with Crippen molar-refractivity contribution >= 4 is 18.0 Å². The summed E-state index contributed by atoms with van der Waals surface area (Å²) in [5.74, 6) is -3.18. The van der Waals surface area contributed by atoms with Gasteiger partial charge in [0.15, 0.2) is 23.7 Å². The Bertz CT molecular complexity index is 586. The summed E-state index contributed by atoms with van der Waals surface area (Å²) in [6.07, 6.45) is -2.51. The van der Waals surface area contributed by atoms with Gasteiger partial charge in [0, 0.05) is 0 Å². The normalized spacial score (nSPS) is 36.3. The summed E-state index contributed by atoms with van der Waals surface area (Å²) in [5, 5.41) is 57.1. The summed E-state index contributed by atoms with van der Waals surface area (Å²) in [7, 11) is 0. The SMILES string of the molecule is N=C1N[C@H]2[C@H](COC(N)=O)NC(=N)N3C[C@@H](OOO)C(O)(O)[C@]23N1. The molecule has 3 aliphatic heterocycles. The second-order valence-corrected chi connectivity index (χ2v) is 5.61. The highest BCUT2D eigenvalue weighted by molar-refractivity contribution is 5.87. The molecule has 4 atom stereocenters. The molecular weight excluding hydrogens is 330 g/mol. The van der Waals surface area contributed by atoms with Gasteiger partial charge < -0.3 is 41.5 Å². The van der Waals surface area contributed by atoms with Crippen LogP contribution in [0.1, 0.15) is 0 Å². The number of rotatable bonds is 4. The quantitative estimate of drug-likeness (QED) is 0.135. The molecule has 134 valence electrons. The molecule has 10 N–H and O–H groups in total. The van der Waals surface area contributed by atoms with Crippen molar-refractivity contribution in [1.29, 1.82) is 10.8 Å². The van der Waals surface area contributed by atoms with Gasteiger partial charge in [0.2, 0.25) is 5.79 Å². The number of ether oxygens (including phenoxy) is 1. The van der Waals surface area contributed by atoms with Gasteiger partial charge in [-0.1, -0.05) is 5.04 Å². The van der Waals surface area contributed by atoms with E-state index in [0.29, 0.717) is 0 Å². The molecule has 24 heavy (non-hydrogen) atoms. The lowest BCUT2D eigenvalue weighted by molar-refractivity contribution is -0.522. The van der Waals surface area contributed by atoms with E-state index >= 15 is 0 Å². The minimum Gasteiger partial charge on any atom is -0.447 e. The van der Waals surface area contributed by atoms with Crippen LogP contribution >= 0.6 is 0 Å². The fourth-order valence-electron chi connectivity index (χ4n) is 3.46. The molecule has 0 aliphatic carbocycles. The fourth-order valence-corrected chi connectivity index (χ4v) is 3.46. The van der Waals surface area contributed by atoms with Gasteiger partial charge >= 0.3 is 6.09 Å². The Balaban J connectivity index is 1.99. The van der Waals surface area contributed by atoms with E-state index < -0.39 is 35.7 Å². The highest BCUT2D eigenvalue weighted by Crippen LogP contribution is 2.43. The van der Waals surface area contributed by atoms with Gasteiger partial charge in [-0.05, 0) is 0 Å². The second kappa shape index (κ2) is 5.32. The van der Waals surface area contributed by atoms with E-state index in [9.17, 15) is 15.0 Å². The molecule has 1 amide bonds. The van der Waals surface area contributed by atoms with Crippen molar-refractivity contribution in [2.24, 2.45) is 5.73 Å². The molecule has 0 aromatic rings. The van der Waals surface area contributed by atoms with Crippen LogP contribution in [0.2, 0.25) is 0 Å². The number of aliphatic hydroxyl groups is 2. The van der Waals surface area contributed by atoms with E-state index in [2.05, 4.69) is 25.9 Å². The molecule has 1 spiro atoms. The lowest BCUT2D eigenvalue weighted by atomic mass is 9.85. The number of nitrogens with zero attached hydrogens (tertiary/aromatic N) is 1. The molecular formula is C10H17N7O7. The molecule has 0 unspecified atom stereocenters. The first kappa shape index (κ1) is 16.5. The molecule has 3 aliphatic rings. The van der Waals surface area contributed by atoms with E-state index in [-0.39, 0.29) is 25.1 Å². The van der Waals surface area contributed by atoms with Crippen molar-refractivity contribution in [3.8, 4) is 0 Å². The van der Waals surface area contributed by atoms with Gasteiger partial charge in [-0.25, -0.2) is 10.1 Å². The number of primary amides is 1. The van der Waals surface area contributed by atoms with Gasteiger partial charge in [0.25, 0.3) is 0 Å². The van der Waals surface area contributed by atoms with Gasteiger partial charge in [0.05, 0.1) is 18.6 Å². The van der Waals surface area contributed by atoms with E-state index in [1.165, 1.54) is 4.90 Å². The van der Waals surface area contributed by atoms with Crippen molar-refractivity contribution in [2.75, 3.05) is 13.2 Å². The third-order valence-corrected chi connectivity index (χ3v) is 4.41. The lowest BCUT2D eigenvalue weighted by Gasteiger charge is -2.50. The van der Waals surface area contributed by atoms with Crippen molar-refractivity contribution in [3.63, 3.8) is 0 Å². The van der Waals surface area contributed by atoms with Crippen LogP contribution in [0.3, 0.4) is 0 Å². The summed E-state index contributed by atoms with van der Waals surface area (Å²) in [4.78, 5) is 16.5. The second-order valence-electron chi connectivity index (χ2n) is 5.61. The van der Waals surface area contributed by atoms with Crippen molar-refractivity contribution in [3.05, 3.63) is 0 Å². The standard InChI is InChI=1S/C10H17N7O7/c11-6-15-5-3(2-22-8(13)18)14-7(12)17-1-4(23-24-21)10(19,20)9(5,17)16-6/h3-5,19-21H,1-2H2,(H2,12,14)(H2,13,18)(H3,11,15,16)/t3-,4+,5-,9-/m0/s1. The lowest BCUT2D eigenvalue weighted by Crippen LogP contribution is -2.81. The molecule has 0 aromatic heterocycles. The number of guanidine groups is 2. The molecule has 3 heterocycles. The summed E-state index contributed by atoms with van der Waals surface area (Å²) >= 11 is 0. The average molecular weight is 347 g/mol. The van der Waals surface area contributed by atoms with E-state index in [0.717, 1.165) is 0 Å². The van der Waals surface area contributed by atoms with Gasteiger partial charge in [-0.2, -0.15) is 4.89 Å². The Morgan fingerprint density at radius 3 is 2.75 bits per heavy atom. The molecule has 14 nitrogen and oxygen atoms in total. The molecule has 3 rings (SSSR count). The first-order valence-corrected chi connectivity index (χ1v) is 6.84. The minimum atomic E-state index is -2.68. The average Bonchev–Trinajstić information content (AvgIpc) is 2.95. The Morgan fingerprint density at radius 1 is 1.42 bits per heavy atom. The van der Waals surface area contributed by atoms with Crippen molar-refractivity contribution in [1.82, 2.24) is 20.9 Å². The van der Waals surface area contributed by atoms with Gasteiger partial charge in [0.1, 0.15) is 6.61 Å². The number of amides is 1. The summed E-state index contributed by atoms with van der Waals surface area (Å²) in [6, 6.07) is -1.75. The van der Waals surface area contributed by atoms with E-state index in [4.69, 9.17) is 26.5 Å². The van der Waals surface area contributed by atoms with Crippen LogP contribution in [0, 0.1) is 10.8 Å². The van der Waals surface area contributed by atoms with Crippen LogP contribution in [0.15, 0.2) is 0 Å². The summed E-state index contributed by atoms with van der Waals surface area (Å²) in [5.41, 5.74) is 3.13. The molecule has 0 bridgehead atoms. The predicted octanol–water partition coefficient (Wildman–Crippen LogP) is -4.03. The van der Waals surface area contributed by atoms with Crippen molar-refractivity contribution < 1.29 is 34.9 Å². The van der Waals surface area contributed by atoms with Crippen LogP contribution in [0.5, 0.6) is 0 Å². The predicted molar refractivity (Wildman–Crippen MR) is 73.2 cm³/mol. The van der Waals surface area contributed by atoms with Crippen LogP contribution in [0.25, 0.3) is 0 Å². The maximum atomic E-state index is 10.8. The smallest absolute Gasteiger partial charge is 0.404 e. The molecule has 0 aromatic carbocycles. The minimum absolute atomic E-state index is 0.246. The number of carbonyl (C=O) groups excluding carboxylic acids is 1. The topological polar surface area (TPSA) is 218 Å². The van der Waals surface area contributed by atoms with Crippen molar-refractivity contribution in [2.45, 2.75) is 29.6 Å². The third kappa shape index (κ3) is 2.05. The number of hydrogen-bond donors (Lipinski definition) is 9. The van der Waals surface area contributed by atoms with Gasteiger partial charge in [-0.3, -0.25) is 10.8 Å². The van der Waals surface area contributed by atoms with E-state index in [1.54, 1.807) is 0 Å². The fraction of sp³-hybridized carbons (Fsp3) is 0.700. The molecule has 0 saturated carbocycles. The first-order chi connectivity index (χ1) is 11.2. The van der Waals surface area contributed by atoms with Crippen LogP contribution in [-0.2, 0) is 14.7 Å². The highest BCUT2D eigenvalue weighted by atomic mass is 17.5. The Labute approximate surface area is 134 Å². The zero-order valence-corrected chi connectivity index (χ0v) is 12.1. The van der Waals surface area contributed by atoms with Crippen LogP contribution in [-0.4, -0.2) is 81.2 Å². The summed E-state index contributed by atoms with van der Waals surface area (Å²) in [6.45, 7) is -0.542. The largest absolute Gasteiger partial charge is 0.447 e. The zero-order chi connectivity index (χ0) is 17.7. The van der Waals surface area contributed by atoms with Crippen LogP contribution < -0.4 is 21.7 Å². The van der Waals surface area contributed by atoms with Gasteiger partial charge in [-0.15, -0.1) is 0 Å². The third-order valence-electron chi connectivity index (χ3n) is 4.41. The Morgan fingerprint density at radius 2 is 2.12 bits per heavy atom. The first-order valence-electron chi connectivity index (χ1n) is 6.84. The number of carbonyl (C=O) groups is 1. The number of nitrogens with one attached hydrogen (secondary N) is 5. The number of nitrogens with two attached hydrogens (primary N) is 1. The van der Waals surface area contributed by atoms with Crippen LogP contribution in [0.4, 0.5) is 4.79 Å². The number of hydrogen-bond acceptors (Lipinski definition) is 9. The summed E-state index contributed by atoms with van der Waals surface area (Å²) < 4.78 is 4.72. The molecule has 14 heteroatoms. The molecule has 3 saturated heterocycles. The monoisotopic (exact) mass is 347 g/mol. The molecule has 0 radical (unpaired) electrons. The highest BCUT2D eigenvalue weighted by Gasteiger charge is 2.75. The maximum Gasteiger partial charge on any atom is 0.404 e. The van der Waals surface area contributed by atoms with E-state index in [1.807, 2.05) is 0 Å². The molecule has 3 fully saturated rings. The zero-order valence-electron chi connectivity index (χ0n) is 12.1. The Hall–Kier alpha value is -2.39. The Kier molecular flexibility index (Phi) is 3.65. The maximum absolute atomic E-state index is 10.8.